The highest BCUT2D eigenvalue weighted by atomic mass is 32.1. The van der Waals surface area contributed by atoms with E-state index in [-0.39, 0.29) is 17.3 Å². The molecule has 0 radical (unpaired) electrons. The number of nitrogens with one attached hydrogen (secondary N) is 2. The number of thiazole rings is 1. The Bertz CT molecular complexity index is 619. The van der Waals surface area contributed by atoms with Crippen LogP contribution in [0.15, 0.2) is 18.3 Å². The van der Waals surface area contributed by atoms with Gasteiger partial charge in [0.1, 0.15) is 10.7 Å². The van der Waals surface area contributed by atoms with Crippen LogP contribution in [0.4, 0.5) is 10.9 Å². The minimum Gasteiger partial charge on any atom is -0.382 e. The van der Waals surface area contributed by atoms with E-state index in [4.69, 9.17) is 5.73 Å². The van der Waals surface area contributed by atoms with Gasteiger partial charge >= 0.3 is 0 Å². The summed E-state index contributed by atoms with van der Waals surface area (Å²) < 4.78 is 0. The summed E-state index contributed by atoms with van der Waals surface area (Å²) in [5.41, 5.74) is 6.34. The number of nitrogen functional groups attached to an aromatic ring is 1. The van der Waals surface area contributed by atoms with Gasteiger partial charge in [-0.1, -0.05) is 11.3 Å². The van der Waals surface area contributed by atoms with Crippen molar-refractivity contribution in [2.75, 3.05) is 11.1 Å². The SMILES string of the molecule is CC(C)(C)Nc1nc(N)c(C(=O)NCc2cccnn2)s1. The van der Waals surface area contributed by atoms with Gasteiger partial charge in [0.05, 0.1) is 12.2 Å². The van der Waals surface area contributed by atoms with Crippen molar-refractivity contribution in [2.45, 2.75) is 32.9 Å². The average Bonchev–Trinajstić information content (AvgIpc) is 2.76. The molecule has 2 aromatic heterocycles. The summed E-state index contributed by atoms with van der Waals surface area (Å²) in [6.07, 6.45) is 1.58. The molecule has 112 valence electrons. The van der Waals surface area contributed by atoms with Gasteiger partial charge in [-0.05, 0) is 32.9 Å². The highest BCUT2D eigenvalue weighted by molar-refractivity contribution is 7.18. The molecule has 0 aliphatic carbocycles. The number of anilines is 2. The van der Waals surface area contributed by atoms with Crippen molar-refractivity contribution in [1.29, 1.82) is 0 Å². The minimum atomic E-state index is -0.266. The Hall–Kier alpha value is -2.22. The van der Waals surface area contributed by atoms with Crippen LogP contribution in [0.1, 0.15) is 36.1 Å². The molecular weight excluding hydrogens is 288 g/mol. The third-order valence-corrected chi connectivity index (χ3v) is 3.38. The molecule has 1 amide bonds. The maximum absolute atomic E-state index is 12.1. The van der Waals surface area contributed by atoms with Crippen LogP contribution in [0.3, 0.4) is 0 Å². The number of amides is 1. The molecule has 2 rings (SSSR count). The zero-order valence-electron chi connectivity index (χ0n) is 12.2. The standard InChI is InChI=1S/C13H18N6OS/c1-13(2,3)18-12-17-10(14)9(21-12)11(20)15-7-8-5-4-6-16-19-8/h4-6H,7,14H2,1-3H3,(H,15,20)(H,17,18). The van der Waals surface area contributed by atoms with E-state index in [0.717, 1.165) is 0 Å². The van der Waals surface area contributed by atoms with Gasteiger partial charge in [0.25, 0.3) is 5.91 Å². The molecular formula is C13H18N6OS. The largest absolute Gasteiger partial charge is 0.382 e. The van der Waals surface area contributed by atoms with Gasteiger partial charge in [-0.3, -0.25) is 4.79 Å². The lowest BCUT2D eigenvalue weighted by Crippen LogP contribution is -2.25. The molecule has 0 aromatic carbocycles. The number of carbonyl (C=O) groups excluding carboxylic acids is 1. The molecule has 0 fully saturated rings. The van der Waals surface area contributed by atoms with Crippen molar-refractivity contribution in [3.05, 3.63) is 28.9 Å². The molecule has 2 heterocycles. The summed E-state index contributed by atoms with van der Waals surface area (Å²) >= 11 is 1.23. The first-order valence-corrected chi connectivity index (χ1v) is 7.26. The molecule has 7 nitrogen and oxygen atoms in total. The number of nitrogens with two attached hydrogens (primary N) is 1. The fourth-order valence-corrected chi connectivity index (χ4v) is 2.56. The summed E-state index contributed by atoms with van der Waals surface area (Å²) in [5.74, 6) is -0.0407. The molecule has 0 aliphatic rings. The lowest BCUT2D eigenvalue weighted by Gasteiger charge is -2.19. The smallest absolute Gasteiger partial charge is 0.265 e. The lowest BCUT2D eigenvalue weighted by molar-refractivity contribution is 0.0955. The Labute approximate surface area is 127 Å². The molecule has 0 saturated carbocycles. The number of hydrogen-bond acceptors (Lipinski definition) is 7. The van der Waals surface area contributed by atoms with E-state index >= 15 is 0 Å². The zero-order chi connectivity index (χ0) is 15.5. The van der Waals surface area contributed by atoms with Gasteiger partial charge in [-0.15, -0.1) is 0 Å². The minimum absolute atomic E-state index is 0.141. The zero-order valence-corrected chi connectivity index (χ0v) is 13.0. The summed E-state index contributed by atoms with van der Waals surface area (Å²) in [6.45, 7) is 6.33. The molecule has 0 saturated heterocycles. The Morgan fingerprint density at radius 3 is 2.81 bits per heavy atom. The van der Waals surface area contributed by atoms with E-state index < -0.39 is 0 Å². The quantitative estimate of drug-likeness (QED) is 0.793. The molecule has 4 N–H and O–H groups in total. The van der Waals surface area contributed by atoms with Gasteiger partial charge in [0, 0.05) is 11.7 Å². The van der Waals surface area contributed by atoms with Crippen LogP contribution in [-0.2, 0) is 6.54 Å². The van der Waals surface area contributed by atoms with E-state index in [1.165, 1.54) is 11.3 Å². The molecule has 0 aliphatic heterocycles. The molecule has 2 aromatic rings. The van der Waals surface area contributed by atoms with Gasteiger partial charge in [-0.2, -0.15) is 10.2 Å². The van der Waals surface area contributed by atoms with Crippen molar-refractivity contribution in [3.8, 4) is 0 Å². The highest BCUT2D eigenvalue weighted by Gasteiger charge is 2.19. The second-order valence-corrected chi connectivity index (χ2v) is 6.51. The molecule has 0 spiro atoms. The third kappa shape index (κ3) is 4.38. The van der Waals surface area contributed by atoms with Crippen LogP contribution in [0, 0.1) is 0 Å². The van der Waals surface area contributed by atoms with Crippen LogP contribution >= 0.6 is 11.3 Å². The normalized spacial score (nSPS) is 11.2. The Morgan fingerprint density at radius 1 is 1.43 bits per heavy atom. The van der Waals surface area contributed by atoms with Crippen molar-refractivity contribution < 1.29 is 4.79 Å². The number of carbonyl (C=O) groups is 1. The fraction of sp³-hybridized carbons (Fsp3) is 0.385. The third-order valence-electron chi connectivity index (χ3n) is 2.40. The second kappa shape index (κ2) is 6.04. The summed E-state index contributed by atoms with van der Waals surface area (Å²) in [4.78, 5) is 16.7. The average molecular weight is 306 g/mol. The van der Waals surface area contributed by atoms with Gasteiger partial charge in [-0.25, -0.2) is 4.98 Å². The van der Waals surface area contributed by atoms with Crippen molar-refractivity contribution >= 4 is 28.2 Å². The van der Waals surface area contributed by atoms with Crippen molar-refractivity contribution in [3.63, 3.8) is 0 Å². The monoisotopic (exact) mass is 306 g/mol. The fourth-order valence-electron chi connectivity index (χ4n) is 1.55. The number of nitrogens with zero attached hydrogens (tertiary/aromatic N) is 3. The van der Waals surface area contributed by atoms with E-state index in [1.807, 2.05) is 20.8 Å². The van der Waals surface area contributed by atoms with Crippen LogP contribution in [0.5, 0.6) is 0 Å². The molecule has 21 heavy (non-hydrogen) atoms. The van der Waals surface area contributed by atoms with Gasteiger partial charge < -0.3 is 16.4 Å². The van der Waals surface area contributed by atoms with E-state index in [2.05, 4.69) is 25.8 Å². The lowest BCUT2D eigenvalue weighted by atomic mass is 10.1. The van der Waals surface area contributed by atoms with E-state index in [0.29, 0.717) is 22.2 Å². The van der Waals surface area contributed by atoms with Crippen LogP contribution < -0.4 is 16.4 Å². The Balaban J connectivity index is 2.02. The number of rotatable bonds is 4. The predicted molar refractivity (Wildman–Crippen MR) is 83.1 cm³/mol. The highest BCUT2D eigenvalue weighted by Crippen LogP contribution is 2.27. The summed E-state index contributed by atoms with van der Waals surface area (Å²) in [5, 5.41) is 14.2. The van der Waals surface area contributed by atoms with Crippen LogP contribution in [0.2, 0.25) is 0 Å². The molecule has 8 heteroatoms. The maximum Gasteiger partial charge on any atom is 0.265 e. The topological polar surface area (TPSA) is 106 Å². The van der Waals surface area contributed by atoms with E-state index in [9.17, 15) is 4.79 Å². The maximum atomic E-state index is 12.1. The van der Waals surface area contributed by atoms with Gasteiger partial charge in [0.15, 0.2) is 5.13 Å². The van der Waals surface area contributed by atoms with Gasteiger partial charge in [0.2, 0.25) is 0 Å². The predicted octanol–water partition coefficient (Wildman–Crippen LogP) is 1.66. The van der Waals surface area contributed by atoms with Crippen LogP contribution in [-0.4, -0.2) is 26.6 Å². The first-order chi connectivity index (χ1) is 9.85. The van der Waals surface area contributed by atoms with E-state index in [1.54, 1.807) is 18.3 Å². The molecule has 0 unspecified atom stereocenters. The number of hydrogen-bond donors (Lipinski definition) is 3. The first kappa shape index (κ1) is 15.2. The van der Waals surface area contributed by atoms with Crippen LogP contribution in [0.25, 0.3) is 0 Å². The molecule has 0 bridgehead atoms. The van der Waals surface area contributed by atoms with Crippen molar-refractivity contribution in [2.24, 2.45) is 0 Å². The Morgan fingerprint density at radius 2 is 2.19 bits per heavy atom. The molecule has 0 atom stereocenters. The summed E-state index contributed by atoms with van der Waals surface area (Å²) in [6, 6.07) is 3.55. The van der Waals surface area contributed by atoms with Crippen molar-refractivity contribution in [1.82, 2.24) is 20.5 Å². The Kier molecular flexibility index (Phi) is 4.37. The summed E-state index contributed by atoms with van der Waals surface area (Å²) in [7, 11) is 0. The number of aromatic nitrogens is 3. The second-order valence-electron chi connectivity index (χ2n) is 5.51. The first-order valence-electron chi connectivity index (χ1n) is 6.44.